The number of hydrogen-bond acceptors (Lipinski definition) is 6. The van der Waals surface area contributed by atoms with Crippen molar-refractivity contribution in [1.29, 1.82) is 0 Å². The molecule has 0 bridgehead atoms. The van der Waals surface area contributed by atoms with Crippen molar-refractivity contribution in [3.63, 3.8) is 0 Å². The van der Waals surface area contributed by atoms with Gasteiger partial charge in [-0.05, 0) is 30.7 Å². The summed E-state index contributed by atoms with van der Waals surface area (Å²) < 4.78 is 29.9. The van der Waals surface area contributed by atoms with Crippen molar-refractivity contribution in [3.8, 4) is 16.2 Å². The number of ether oxygens (including phenoxy) is 1. The number of rotatable bonds is 6. The van der Waals surface area contributed by atoms with Gasteiger partial charge in [-0.2, -0.15) is 8.42 Å². The maximum Gasteiger partial charge on any atom is 0.296 e. The molecule has 0 aliphatic rings. The first-order valence-electron chi connectivity index (χ1n) is 6.99. The number of carbonyl (C=O) groups is 1. The molecule has 0 unspecified atom stereocenters. The zero-order chi connectivity index (χ0) is 17.9. The predicted molar refractivity (Wildman–Crippen MR) is 94.5 cm³/mol. The third-order valence-corrected chi connectivity index (χ3v) is 4.70. The Morgan fingerprint density at radius 1 is 1.42 bits per heavy atom. The van der Waals surface area contributed by atoms with Crippen LogP contribution in [0, 0.1) is 6.92 Å². The van der Waals surface area contributed by atoms with Crippen LogP contribution < -0.4 is 19.9 Å². The van der Waals surface area contributed by atoms with E-state index in [-0.39, 0.29) is 11.6 Å². The Balaban J connectivity index is 2.42. The summed E-state index contributed by atoms with van der Waals surface area (Å²) in [6.45, 7) is 3.57. The zero-order valence-corrected chi connectivity index (χ0v) is 15.0. The molecule has 24 heavy (non-hydrogen) atoms. The Bertz CT molecular complexity index is 862. The molecule has 1 aromatic heterocycles. The number of carbonyl (C=O) groups excluding carboxylic acids is 1. The van der Waals surface area contributed by atoms with E-state index >= 15 is 0 Å². The molecule has 2 rings (SSSR count). The van der Waals surface area contributed by atoms with Crippen molar-refractivity contribution in [2.45, 2.75) is 20.3 Å². The lowest BCUT2D eigenvalue weighted by molar-refractivity contribution is -0.115. The zero-order valence-electron chi connectivity index (χ0n) is 13.4. The molecule has 4 N–H and O–H groups in total. The van der Waals surface area contributed by atoms with E-state index in [2.05, 4.69) is 15.0 Å². The lowest BCUT2D eigenvalue weighted by Gasteiger charge is -2.11. The van der Waals surface area contributed by atoms with E-state index in [1.165, 1.54) is 18.4 Å². The highest BCUT2D eigenvalue weighted by Crippen LogP contribution is 2.37. The van der Waals surface area contributed by atoms with E-state index in [1.54, 1.807) is 25.1 Å². The maximum atomic E-state index is 11.5. The summed E-state index contributed by atoms with van der Waals surface area (Å²) in [5.41, 5.74) is 1.68. The minimum atomic E-state index is -3.93. The topological polar surface area (TPSA) is 123 Å². The molecule has 0 saturated heterocycles. The highest BCUT2D eigenvalue weighted by molar-refractivity contribution is 7.90. The lowest BCUT2D eigenvalue weighted by Crippen LogP contribution is -2.22. The van der Waals surface area contributed by atoms with Gasteiger partial charge >= 0.3 is 0 Å². The van der Waals surface area contributed by atoms with Gasteiger partial charge in [-0.1, -0.05) is 18.3 Å². The molecule has 1 aromatic carbocycles. The minimum Gasteiger partial charge on any atom is -0.495 e. The molecule has 0 aliphatic carbocycles. The van der Waals surface area contributed by atoms with E-state index in [9.17, 15) is 13.2 Å². The standard InChI is InChI=1S/C14H18N4O4S2/c1-4-12(19)17-14-16-8(2)13(23-14)9-5-6-11(22-3)10(7-9)18-24(15,20)21/h5-7,18H,4H2,1-3H3,(H2,15,20,21)(H,16,17,19). The second kappa shape index (κ2) is 7.16. The van der Waals surface area contributed by atoms with Gasteiger partial charge in [0, 0.05) is 6.42 Å². The van der Waals surface area contributed by atoms with Gasteiger partial charge in [0.2, 0.25) is 5.91 Å². The number of hydrogen-bond donors (Lipinski definition) is 3. The largest absolute Gasteiger partial charge is 0.495 e. The Morgan fingerprint density at radius 3 is 2.71 bits per heavy atom. The number of amides is 1. The van der Waals surface area contributed by atoms with E-state index in [0.717, 1.165) is 16.1 Å². The second-order valence-corrected chi connectivity index (χ2v) is 7.19. The van der Waals surface area contributed by atoms with Crippen LogP contribution in [0.4, 0.5) is 10.8 Å². The molecule has 130 valence electrons. The van der Waals surface area contributed by atoms with E-state index in [0.29, 0.717) is 17.3 Å². The number of nitrogens with two attached hydrogens (primary N) is 1. The molecule has 8 nitrogen and oxygen atoms in total. The summed E-state index contributed by atoms with van der Waals surface area (Å²) in [7, 11) is -2.50. The van der Waals surface area contributed by atoms with Crippen LogP contribution in [0.1, 0.15) is 19.0 Å². The van der Waals surface area contributed by atoms with Gasteiger partial charge in [0.25, 0.3) is 10.2 Å². The molecule has 2 aromatic rings. The average molecular weight is 370 g/mol. The lowest BCUT2D eigenvalue weighted by atomic mass is 10.1. The first-order valence-corrected chi connectivity index (χ1v) is 9.36. The van der Waals surface area contributed by atoms with Crippen molar-refractivity contribution in [2.75, 3.05) is 17.1 Å². The normalized spacial score (nSPS) is 11.2. The van der Waals surface area contributed by atoms with Gasteiger partial charge in [0.1, 0.15) is 5.75 Å². The van der Waals surface area contributed by atoms with Crippen LogP contribution in [0.15, 0.2) is 18.2 Å². The van der Waals surface area contributed by atoms with Crippen molar-refractivity contribution < 1.29 is 17.9 Å². The van der Waals surface area contributed by atoms with Crippen LogP contribution in [-0.4, -0.2) is 26.4 Å². The Hall–Kier alpha value is -2.17. The molecule has 1 heterocycles. The number of methoxy groups -OCH3 is 1. The highest BCUT2D eigenvalue weighted by atomic mass is 32.2. The fourth-order valence-electron chi connectivity index (χ4n) is 2.01. The third kappa shape index (κ3) is 4.43. The summed E-state index contributed by atoms with van der Waals surface area (Å²) in [4.78, 5) is 16.6. The average Bonchev–Trinajstić information content (AvgIpc) is 2.86. The van der Waals surface area contributed by atoms with Gasteiger partial charge in [-0.15, -0.1) is 0 Å². The smallest absolute Gasteiger partial charge is 0.296 e. The molecular formula is C14H18N4O4S2. The van der Waals surface area contributed by atoms with Crippen LogP contribution in [0.2, 0.25) is 0 Å². The van der Waals surface area contributed by atoms with Gasteiger partial charge in [0.15, 0.2) is 5.13 Å². The SMILES string of the molecule is CCC(=O)Nc1nc(C)c(-c2ccc(OC)c(NS(N)(=O)=O)c2)s1. The maximum absolute atomic E-state index is 11.5. The molecule has 0 aliphatic heterocycles. The fourth-order valence-corrected chi connectivity index (χ4v) is 3.45. The number of aryl methyl sites for hydroxylation is 1. The van der Waals surface area contributed by atoms with Crippen LogP contribution in [0.25, 0.3) is 10.4 Å². The number of benzene rings is 1. The third-order valence-electron chi connectivity index (χ3n) is 3.08. The fraction of sp³-hybridized carbons (Fsp3) is 0.286. The molecular weight excluding hydrogens is 352 g/mol. The number of anilines is 2. The van der Waals surface area contributed by atoms with Crippen LogP contribution in [0.3, 0.4) is 0 Å². The van der Waals surface area contributed by atoms with E-state index in [1.807, 2.05) is 6.92 Å². The molecule has 0 saturated carbocycles. The van der Waals surface area contributed by atoms with Crippen molar-refractivity contribution in [2.24, 2.45) is 5.14 Å². The second-order valence-electron chi connectivity index (χ2n) is 4.90. The van der Waals surface area contributed by atoms with Crippen LogP contribution >= 0.6 is 11.3 Å². The predicted octanol–water partition coefficient (Wildman–Crippen LogP) is 2.09. The monoisotopic (exact) mass is 370 g/mol. The molecule has 1 amide bonds. The van der Waals surface area contributed by atoms with Gasteiger partial charge in [0.05, 0.1) is 23.4 Å². The number of nitrogens with zero attached hydrogens (tertiary/aromatic N) is 1. The van der Waals surface area contributed by atoms with E-state index in [4.69, 9.17) is 9.88 Å². The van der Waals surface area contributed by atoms with Gasteiger partial charge in [-0.3, -0.25) is 9.52 Å². The van der Waals surface area contributed by atoms with Crippen molar-refractivity contribution >= 4 is 38.3 Å². The Kier molecular flexibility index (Phi) is 5.42. The van der Waals surface area contributed by atoms with Gasteiger partial charge in [-0.25, -0.2) is 10.1 Å². The highest BCUT2D eigenvalue weighted by Gasteiger charge is 2.15. The summed E-state index contributed by atoms with van der Waals surface area (Å²) in [5.74, 6) is 0.219. The van der Waals surface area contributed by atoms with E-state index < -0.39 is 10.2 Å². The Morgan fingerprint density at radius 2 is 2.12 bits per heavy atom. The number of nitrogens with one attached hydrogen (secondary N) is 2. The van der Waals surface area contributed by atoms with Crippen LogP contribution in [-0.2, 0) is 15.0 Å². The summed E-state index contributed by atoms with van der Waals surface area (Å²) >= 11 is 1.30. The first-order chi connectivity index (χ1) is 11.2. The Labute approximate surface area is 144 Å². The summed E-state index contributed by atoms with van der Waals surface area (Å²) in [5, 5.41) is 8.23. The quantitative estimate of drug-likeness (QED) is 0.718. The van der Waals surface area contributed by atoms with Crippen LogP contribution in [0.5, 0.6) is 5.75 Å². The van der Waals surface area contributed by atoms with Gasteiger partial charge < -0.3 is 10.1 Å². The molecule has 0 radical (unpaired) electrons. The molecule has 10 heteroatoms. The summed E-state index contributed by atoms with van der Waals surface area (Å²) in [6, 6.07) is 5.01. The number of aromatic nitrogens is 1. The summed E-state index contributed by atoms with van der Waals surface area (Å²) in [6.07, 6.45) is 0.360. The van der Waals surface area contributed by atoms with Crippen molar-refractivity contribution in [1.82, 2.24) is 4.98 Å². The first kappa shape index (κ1) is 18.2. The molecule has 0 fully saturated rings. The minimum absolute atomic E-state index is 0.124. The molecule has 0 atom stereocenters. The molecule has 0 spiro atoms. The van der Waals surface area contributed by atoms with Crippen molar-refractivity contribution in [3.05, 3.63) is 23.9 Å². The number of thiazole rings is 1.